The van der Waals surface area contributed by atoms with Crippen molar-refractivity contribution in [1.29, 1.82) is 0 Å². The smallest absolute Gasteiger partial charge is 0.193 e. The Morgan fingerprint density at radius 3 is 2.65 bits per heavy atom. The van der Waals surface area contributed by atoms with Crippen LogP contribution in [-0.2, 0) is 14.3 Å². The van der Waals surface area contributed by atoms with E-state index in [1.165, 1.54) is 13.2 Å². The number of carbonyl (C=O) groups is 1. The van der Waals surface area contributed by atoms with Crippen LogP contribution in [0.15, 0.2) is 57.7 Å². The summed E-state index contributed by atoms with van der Waals surface area (Å²) in [6.07, 6.45) is 1.61. The fraction of sp³-hybridized carbons (Fsp3) is 0.333. The molecule has 1 fully saturated rings. The van der Waals surface area contributed by atoms with Gasteiger partial charge in [0.15, 0.2) is 16.8 Å². The van der Waals surface area contributed by atoms with Crippen molar-refractivity contribution in [3.05, 3.63) is 63.8 Å². The lowest BCUT2D eigenvalue weighted by atomic mass is 9.79. The van der Waals surface area contributed by atoms with E-state index in [1.807, 2.05) is 24.3 Å². The molecule has 6 nitrogen and oxygen atoms in total. The van der Waals surface area contributed by atoms with Gasteiger partial charge < -0.3 is 18.6 Å². The molecule has 7 heteroatoms. The third kappa shape index (κ3) is 4.98. The number of ketones is 1. The molecule has 31 heavy (non-hydrogen) atoms. The van der Waals surface area contributed by atoms with Gasteiger partial charge in [0.25, 0.3) is 0 Å². The van der Waals surface area contributed by atoms with Crippen molar-refractivity contribution in [3.63, 3.8) is 0 Å². The van der Waals surface area contributed by atoms with Crippen LogP contribution in [0, 0.1) is 5.92 Å². The van der Waals surface area contributed by atoms with Crippen LogP contribution in [0.5, 0.6) is 5.75 Å². The highest BCUT2D eigenvalue weighted by molar-refractivity contribution is 6.34. The normalized spacial score (nSPS) is 18.0. The molecule has 1 aliphatic rings. The van der Waals surface area contributed by atoms with Crippen LogP contribution < -0.4 is 10.2 Å². The van der Waals surface area contributed by atoms with Crippen LogP contribution in [0.2, 0.25) is 5.02 Å². The van der Waals surface area contributed by atoms with Crippen molar-refractivity contribution < 1.29 is 23.4 Å². The van der Waals surface area contributed by atoms with Crippen molar-refractivity contribution in [3.8, 4) is 17.1 Å². The molecule has 1 aliphatic carbocycles. The van der Waals surface area contributed by atoms with Gasteiger partial charge in [0.1, 0.15) is 24.7 Å². The summed E-state index contributed by atoms with van der Waals surface area (Å²) in [6, 6.07) is 13.9. The third-order valence-electron chi connectivity index (χ3n) is 5.39. The molecule has 1 saturated carbocycles. The first-order chi connectivity index (χ1) is 15.0. The monoisotopic (exact) mass is 442 g/mol. The lowest BCUT2D eigenvalue weighted by molar-refractivity contribution is -0.135. The molecular weight excluding hydrogens is 420 g/mol. The molecule has 0 amide bonds. The molecule has 0 spiro atoms. The van der Waals surface area contributed by atoms with E-state index in [4.69, 9.17) is 30.2 Å². The Morgan fingerprint density at radius 1 is 1.13 bits per heavy atom. The molecule has 0 N–H and O–H groups in total. The molecule has 0 unspecified atom stereocenters. The van der Waals surface area contributed by atoms with E-state index in [0.29, 0.717) is 40.7 Å². The molecule has 0 atom stereocenters. The standard InChI is InChI=1S/C24H23ClO6/c1-28-14-22(27)16-11-18(12-16)30-10-9-29-17-7-5-15(6-8-17)23-13-21(26)19-3-2-4-20(25)24(19)31-23/h2-8,13,16,18H,9-12,14H2,1H3. The maximum atomic E-state index is 12.4. The fourth-order valence-corrected chi connectivity index (χ4v) is 3.81. The molecule has 0 bridgehead atoms. The summed E-state index contributed by atoms with van der Waals surface area (Å²) in [7, 11) is 1.53. The molecule has 0 saturated heterocycles. The number of ether oxygens (including phenoxy) is 3. The van der Waals surface area contributed by atoms with Crippen molar-refractivity contribution in [2.75, 3.05) is 26.9 Å². The van der Waals surface area contributed by atoms with E-state index in [2.05, 4.69) is 0 Å². The average molecular weight is 443 g/mol. The molecule has 162 valence electrons. The summed E-state index contributed by atoms with van der Waals surface area (Å²) in [6.45, 7) is 1.04. The van der Waals surface area contributed by atoms with E-state index in [9.17, 15) is 9.59 Å². The molecule has 4 rings (SSSR count). The third-order valence-corrected chi connectivity index (χ3v) is 5.69. The van der Waals surface area contributed by atoms with Gasteiger partial charge >= 0.3 is 0 Å². The minimum Gasteiger partial charge on any atom is -0.491 e. The maximum Gasteiger partial charge on any atom is 0.193 e. The number of carbonyl (C=O) groups excluding carboxylic acids is 1. The second-order valence-electron chi connectivity index (χ2n) is 7.52. The van der Waals surface area contributed by atoms with Gasteiger partial charge in [-0.3, -0.25) is 9.59 Å². The zero-order chi connectivity index (χ0) is 21.8. The van der Waals surface area contributed by atoms with Gasteiger partial charge in [-0.2, -0.15) is 0 Å². The fourth-order valence-electron chi connectivity index (χ4n) is 3.60. The minimum atomic E-state index is -0.140. The Labute approximate surface area is 184 Å². The second-order valence-corrected chi connectivity index (χ2v) is 7.93. The van der Waals surface area contributed by atoms with Crippen molar-refractivity contribution in [2.24, 2.45) is 5.92 Å². The Bertz CT molecular complexity index is 1120. The number of benzene rings is 2. The van der Waals surface area contributed by atoms with Crippen LogP contribution in [0.3, 0.4) is 0 Å². The number of Topliss-reactive ketones (excluding diaryl/α,β-unsaturated/α-hetero) is 1. The Hall–Kier alpha value is -2.67. The highest BCUT2D eigenvalue weighted by atomic mass is 35.5. The van der Waals surface area contributed by atoms with E-state index in [-0.39, 0.29) is 29.8 Å². The molecule has 3 aromatic rings. The largest absolute Gasteiger partial charge is 0.491 e. The highest BCUT2D eigenvalue weighted by Crippen LogP contribution is 2.31. The quantitative estimate of drug-likeness (QED) is 0.454. The lowest BCUT2D eigenvalue weighted by Gasteiger charge is -2.33. The highest BCUT2D eigenvalue weighted by Gasteiger charge is 2.34. The maximum absolute atomic E-state index is 12.4. The van der Waals surface area contributed by atoms with E-state index < -0.39 is 0 Å². The van der Waals surface area contributed by atoms with Gasteiger partial charge in [-0.1, -0.05) is 17.7 Å². The number of halogens is 1. The first-order valence-corrected chi connectivity index (χ1v) is 10.5. The zero-order valence-corrected chi connectivity index (χ0v) is 17.9. The van der Waals surface area contributed by atoms with Crippen LogP contribution in [-0.4, -0.2) is 38.8 Å². The predicted molar refractivity (Wildman–Crippen MR) is 118 cm³/mol. The number of hydrogen-bond donors (Lipinski definition) is 0. The average Bonchev–Trinajstić information content (AvgIpc) is 2.73. The van der Waals surface area contributed by atoms with Gasteiger partial charge in [-0.15, -0.1) is 0 Å². The van der Waals surface area contributed by atoms with Crippen molar-refractivity contribution >= 4 is 28.4 Å². The summed E-state index contributed by atoms with van der Waals surface area (Å²) < 4.78 is 22.2. The summed E-state index contributed by atoms with van der Waals surface area (Å²) in [5, 5.41) is 0.856. The number of rotatable bonds is 9. The van der Waals surface area contributed by atoms with Crippen molar-refractivity contribution in [2.45, 2.75) is 18.9 Å². The SMILES string of the molecule is COCC(=O)C1CC(OCCOc2ccc(-c3cc(=O)c4cccc(Cl)c4o3)cc2)C1. The predicted octanol–water partition coefficient (Wildman–Crippen LogP) is 4.50. The Kier molecular flexibility index (Phi) is 6.70. The Morgan fingerprint density at radius 2 is 1.90 bits per heavy atom. The topological polar surface area (TPSA) is 75.0 Å². The van der Waals surface area contributed by atoms with Crippen LogP contribution >= 0.6 is 11.6 Å². The number of hydrogen-bond acceptors (Lipinski definition) is 6. The van der Waals surface area contributed by atoms with Crippen LogP contribution in [0.25, 0.3) is 22.3 Å². The van der Waals surface area contributed by atoms with Gasteiger partial charge in [0.05, 0.1) is 23.1 Å². The summed E-state index contributed by atoms with van der Waals surface area (Å²) in [4.78, 5) is 24.0. The lowest BCUT2D eigenvalue weighted by Crippen LogP contribution is -2.38. The van der Waals surface area contributed by atoms with Gasteiger partial charge in [0.2, 0.25) is 0 Å². The molecule has 1 aromatic heterocycles. The van der Waals surface area contributed by atoms with Crippen LogP contribution in [0.1, 0.15) is 12.8 Å². The molecular formula is C24H23ClO6. The number of methoxy groups -OCH3 is 1. The molecule has 0 aliphatic heterocycles. The number of fused-ring (bicyclic) bond motifs is 1. The summed E-state index contributed by atoms with van der Waals surface area (Å²) in [5.74, 6) is 1.34. The zero-order valence-electron chi connectivity index (χ0n) is 17.1. The van der Waals surface area contributed by atoms with Crippen LogP contribution in [0.4, 0.5) is 0 Å². The second kappa shape index (κ2) is 9.64. The van der Waals surface area contributed by atoms with E-state index >= 15 is 0 Å². The van der Waals surface area contributed by atoms with Gasteiger partial charge in [-0.05, 0) is 49.2 Å². The van der Waals surface area contributed by atoms with Crippen molar-refractivity contribution in [1.82, 2.24) is 0 Å². The first-order valence-electron chi connectivity index (χ1n) is 10.1. The number of para-hydroxylation sites is 1. The first kappa shape index (κ1) is 21.6. The van der Waals surface area contributed by atoms with Gasteiger partial charge in [-0.25, -0.2) is 0 Å². The molecule has 1 heterocycles. The van der Waals surface area contributed by atoms with E-state index in [1.54, 1.807) is 18.2 Å². The summed E-state index contributed by atoms with van der Waals surface area (Å²) in [5.41, 5.74) is 0.994. The Balaban J connectivity index is 1.29. The summed E-state index contributed by atoms with van der Waals surface area (Å²) >= 11 is 6.17. The molecule has 0 radical (unpaired) electrons. The van der Waals surface area contributed by atoms with Gasteiger partial charge in [0, 0.05) is 24.7 Å². The minimum absolute atomic E-state index is 0.0588. The van der Waals surface area contributed by atoms with E-state index in [0.717, 1.165) is 18.4 Å². The molecule has 2 aromatic carbocycles.